The molecule has 2 heterocycles. The van der Waals surface area contributed by atoms with Crippen molar-refractivity contribution in [2.24, 2.45) is 0 Å². The largest absolute Gasteiger partial charge is 0.383 e. The summed E-state index contributed by atoms with van der Waals surface area (Å²) >= 11 is 0. The first kappa shape index (κ1) is 12.2. The van der Waals surface area contributed by atoms with Crippen molar-refractivity contribution in [3.63, 3.8) is 0 Å². The second-order valence-electron chi connectivity index (χ2n) is 4.15. The molecule has 1 aromatic heterocycles. The van der Waals surface area contributed by atoms with Crippen LogP contribution in [-0.4, -0.2) is 51.0 Å². The molecule has 4 N–H and O–H groups in total. The molecule has 0 bridgehead atoms. The summed E-state index contributed by atoms with van der Waals surface area (Å²) in [5.41, 5.74) is 5.63. The van der Waals surface area contributed by atoms with Crippen LogP contribution in [0.25, 0.3) is 0 Å². The Balaban J connectivity index is 2.38. The van der Waals surface area contributed by atoms with Crippen molar-refractivity contribution in [1.29, 1.82) is 0 Å². The number of anilines is 2. The van der Waals surface area contributed by atoms with E-state index in [9.17, 15) is 8.42 Å². The van der Waals surface area contributed by atoms with Crippen LogP contribution in [0.3, 0.4) is 0 Å². The van der Waals surface area contributed by atoms with E-state index in [4.69, 9.17) is 5.73 Å². The van der Waals surface area contributed by atoms with Gasteiger partial charge >= 0.3 is 0 Å². The molecule has 0 amide bonds. The summed E-state index contributed by atoms with van der Waals surface area (Å²) in [4.78, 5) is 2.06. The molecule has 2 rings (SSSR count). The van der Waals surface area contributed by atoms with Gasteiger partial charge in [0.05, 0.1) is 0 Å². The summed E-state index contributed by atoms with van der Waals surface area (Å²) in [5.74, 6) is 0.549. The zero-order chi connectivity index (χ0) is 12.5. The van der Waals surface area contributed by atoms with Gasteiger partial charge < -0.3 is 16.0 Å². The minimum atomic E-state index is -3.36. The van der Waals surface area contributed by atoms with Crippen LogP contribution >= 0.6 is 0 Å². The highest BCUT2D eigenvalue weighted by molar-refractivity contribution is 7.91. The Morgan fingerprint density at radius 3 is 2.82 bits per heavy atom. The molecule has 0 spiro atoms. The lowest BCUT2D eigenvalue weighted by atomic mass is 10.4. The maximum atomic E-state index is 11.7. The number of sulfone groups is 1. The van der Waals surface area contributed by atoms with E-state index in [1.165, 1.54) is 0 Å². The zero-order valence-corrected chi connectivity index (χ0v) is 10.5. The van der Waals surface area contributed by atoms with Crippen LogP contribution in [0.2, 0.25) is 0 Å². The number of H-pyrrole nitrogens is 1. The fourth-order valence-electron chi connectivity index (χ4n) is 1.97. The Morgan fingerprint density at radius 2 is 2.12 bits per heavy atom. The van der Waals surface area contributed by atoms with Gasteiger partial charge in [0.1, 0.15) is 5.82 Å². The van der Waals surface area contributed by atoms with Crippen molar-refractivity contribution < 1.29 is 8.42 Å². The number of hydrogen-bond acceptors (Lipinski definition) is 6. The van der Waals surface area contributed by atoms with Crippen molar-refractivity contribution in [3.05, 3.63) is 0 Å². The van der Waals surface area contributed by atoms with Gasteiger partial charge in [0.25, 0.3) is 0 Å². The van der Waals surface area contributed by atoms with Gasteiger partial charge in [0.2, 0.25) is 0 Å². The van der Waals surface area contributed by atoms with E-state index in [1.54, 1.807) is 0 Å². The second kappa shape index (κ2) is 4.53. The minimum absolute atomic E-state index is 0.111. The Labute approximate surface area is 100 Å². The Kier molecular flexibility index (Phi) is 3.25. The van der Waals surface area contributed by atoms with Crippen LogP contribution in [0.5, 0.6) is 0 Å². The SMILES string of the molecule is CS(=O)(=O)c1c(N2CCCNCC2)n[nH]c1N. The maximum absolute atomic E-state index is 11.7. The van der Waals surface area contributed by atoms with Gasteiger partial charge in [-0.1, -0.05) is 0 Å². The van der Waals surface area contributed by atoms with Gasteiger partial charge in [-0.05, 0) is 13.0 Å². The van der Waals surface area contributed by atoms with Crippen LogP contribution in [0.4, 0.5) is 11.6 Å². The first-order chi connectivity index (χ1) is 8.00. The highest BCUT2D eigenvalue weighted by atomic mass is 32.2. The Morgan fingerprint density at radius 1 is 1.35 bits per heavy atom. The fourth-order valence-corrected chi connectivity index (χ4v) is 2.92. The lowest BCUT2D eigenvalue weighted by Crippen LogP contribution is -2.29. The molecule has 8 heteroatoms. The quantitative estimate of drug-likeness (QED) is 0.642. The molecule has 0 atom stereocenters. The highest BCUT2D eigenvalue weighted by Gasteiger charge is 2.25. The summed E-state index contributed by atoms with van der Waals surface area (Å²) in [6, 6.07) is 0. The van der Waals surface area contributed by atoms with Crippen LogP contribution in [0, 0.1) is 0 Å². The van der Waals surface area contributed by atoms with Crippen molar-refractivity contribution in [2.75, 3.05) is 43.1 Å². The molecule has 1 fully saturated rings. The number of nitrogens with two attached hydrogens (primary N) is 1. The Hall–Kier alpha value is -1.28. The third-order valence-corrected chi connectivity index (χ3v) is 3.88. The van der Waals surface area contributed by atoms with Crippen LogP contribution in [-0.2, 0) is 9.84 Å². The van der Waals surface area contributed by atoms with E-state index in [0.717, 1.165) is 38.9 Å². The van der Waals surface area contributed by atoms with Gasteiger partial charge in [0, 0.05) is 25.9 Å². The average molecular weight is 259 g/mol. The molecule has 0 unspecified atom stereocenters. The molecular weight excluding hydrogens is 242 g/mol. The standard InChI is InChI=1S/C9H17N5O2S/c1-17(15,16)7-8(10)12-13-9(7)14-5-2-3-11-4-6-14/h11H,2-6H2,1H3,(H3,10,12,13). The van der Waals surface area contributed by atoms with Gasteiger partial charge in [-0.2, -0.15) is 5.10 Å². The van der Waals surface area contributed by atoms with E-state index < -0.39 is 9.84 Å². The monoisotopic (exact) mass is 259 g/mol. The number of nitrogens with one attached hydrogen (secondary N) is 2. The van der Waals surface area contributed by atoms with Gasteiger partial charge in [-0.25, -0.2) is 8.42 Å². The molecule has 96 valence electrons. The molecular formula is C9H17N5O2S. The molecule has 0 saturated carbocycles. The predicted octanol–water partition coefficient (Wildman–Crippen LogP) is -0.805. The summed E-state index contributed by atoms with van der Waals surface area (Å²) < 4.78 is 23.4. The molecule has 7 nitrogen and oxygen atoms in total. The number of nitrogen functional groups attached to an aromatic ring is 1. The number of hydrogen-bond donors (Lipinski definition) is 3. The fraction of sp³-hybridized carbons (Fsp3) is 0.667. The highest BCUT2D eigenvalue weighted by Crippen LogP contribution is 2.27. The van der Waals surface area contributed by atoms with E-state index in [1.807, 2.05) is 4.90 Å². The lowest BCUT2D eigenvalue weighted by molar-refractivity contribution is 0.602. The summed E-state index contributed by atoms with van der Waals surface area (Å²) in [6.07, 6.45) is 2.10. The van der Waals surface area contributed by atoms with Crippen LogP contribution in [0.1, 0.15) is 6.42 Å². The smallest absolute Gasteiger partial charge is 0.182 e. The third-order valence-electron chi connectivity index (χ3n) is 2.74. The van der Waals surface area contributed by atoms with Crippen LogP contribution < -0.4 is 16.0 Å². The van der Waals surface area contributed by atoms with E-state index in [-0.39, 0.29) is 10.7 Å². The van der Waals surface area contributed by atoms with Crippen molar-refractivity contribution in [2.45, 2.75) is 11.3 Å². The van der Waals surface area contributed by atoms with E-state index in [2.05, 4.69) is 15.5 Å². The second-order valence-corrected chi connectivity index (χ2v) is 6.11. The molecule has 17 heavy (non-hydrogen) atoms. The lowest BCUT2D eigenvalue weighted by Gasteiger charge is -2.20. The van der Waals surface area contributed by atoms with Crippen molar-refractivity contribution >= 4 is 21.5 Å². The normalized spacial score (nSPS) is 18.1. The van der Waals surface area contributed by atoms with Crippen LogP contribution in [0.15, 0.2) is 4.90 Å². The maximum Gasteiger partial charge on any atom is 0.182 e. The van der Waals surface area contributed by atoms with Gasteiger partial charge in [-0.15, -0.1) is 0 Å². The zero-order valence-electron chi connectivity index (χ0n) is 9.73. The van der Waals surface area contributed by atoms with Crippen molar-refractivity contribution in [1.82, 2.24) is 15.5 Å². The number of nitrogens with zero attached hydrogens (tertiary/aromatic N) is 2. The van der Waals surface area contributed by atoms with E-state index >= 15 is 0 Å². The third kappa shape index (κ3) is 2.52. The summed E-state index contributed by atoms with van der Waals surface area (Å²) in [5, 5.41) is 9.82. The average Bonchev–Trinajstić information content (AvgIpc) is 2.50. The number of aromatic amines is 1. The number of aromatic nitrogens is 2. The minimum Gasteiger partial charge on any atom is -0.383 e. The molecule has 1 aliphatic rings. The number of rotatable bonds is 2. The van der Waals surface area contributed by atoms with Crippen molar-refractivity contribution in [3.8, 4) is 0 Å². The molecule has 1 aliphatic heterocycles. The predicted molar refractivity (Wildman–Crippen MR) is 65.8 cm³/mol. The molecule has 0 aromatic carbocycles. The summed E-state index contributed by atoms with van der Waals surface area (Å²) in [6.45, 7) is 3.26. The molecule has 0 radical (unpaired) electrons. The summed E-state index contributed by atoms with van der Waals surface area (Å²) in [7, 11) is -3.36. The molecule has 1 aromatic rings. The molecule has 0 aliphatic carbocycles. The van der Waals surface area contributed by atoms with E-state index in [0.29, 0.717) is 5.82 Å². The van der Waals surface area contributed by atoms with Gasteiger partial charge in [-0.3, -0.25) is 5.10 Å². The Bertz CT molecular complexity index is 487. The first-order valence-corrected chi connectivity index (χ1v) is 7.39. The van der Waals surface area contributed by atoms with Gasteiger partial charge in [0.15, 0.2) is 20.6 Å². The topological polar surface area (TPSA) is 104 Å². The first-order valence-electron chi connectivity index (χ1n) is 5.49. The molecule has 1 saturated heterocycles.